The van der Waals surface area contributed by atoms with Crippen molar-refractivity contribution in [3.63, 3.8) is 0 Å². The molecule has 9 heteroatoms. The third-order valence-electron chi connectivity index (χ3n) is 5.91. The molecule has 1 atom stereocenters. The molecule has 4 aromatic rings. The van der Waals surface area contributed by atoms with Crippen LogP contribution in [0, 0.1) is 5.92 Å². The van der Waals surface area contributed by atoms with Gasteiger partial charge in [0.2, 0.25) is 5.95 Å². The number of fused-ring (bicyclic) bond motifs is 1. The largest absolute Gasteiger partial charge is 0.395 e. The number of carbonyl (C=O) groups excluding carboxylic acids is 1. The molecule has 0 spiro atoms. The molecule has 0 fully saturated rings. The minimum absolute atomic E-state index is 0.0143. The van der Waals surface area contributed by atoms with E-state index >= 15 is 0 Å². The van der Waals surface area contributed by atoms with Crippen molar-refractivity contribution in [3.05, 3.63) is 82.1 Å². The van der Waals surface area contributed by atoms with Crippen LogP contribution in [0.4, 0.5) is 5.82 Å². The van der Waals surface area contributed by atoms with Gasteiger partial charge < -0.3 is 15.7 Å². The summed E-state index contributed by atoms with van der Waals surface area (Å²) in [6.45, 7) is 5.17. The molecule has 7 nitrogen and oxygen atoms in total. The van der Waals surface area contributed by atoms with Gasteiger partial charge in [0.15, 0.2) is 0 Å². The molecule has 0 saturated carbocycles. The van der Waals surface area contributed by atoms with Gasteiger partial charge in [-0.3, -0.25) is 9.36 Å². The first kappa shape index (κ1) is 25.9. The number of aliphatic hydroxyl groups excluding tert-OH is 1. The fourth-order valence-corrected chi connectivity index (χ4v) is 4.68. The Hall–Kier alpha value is -3.13. The fraction of sp³-hybridized carbons (Fsp3) is 0.296. The molecule has 0 aliphatic heterocycles. The zero-order valence-electron chi connectivity index (χ0n) is 20.2. The van der Waals surface area contributed by atoms with Crippen molar-refractivity contribution in [2.75, 3.05) is 25.0 Å². The quantitative estimate of drug-likeness (QED) is 0.247. The highest BCUT2D eigenvalue weighted by molar-refractivity contribution is 6.37. The lowest BCUT2D eigenvalue weighted by Gasteiger charge is -2.20. The third-order valence-corrected chi connectivity index (χ3v) is 6.47. The summed E-state index contributed by atoms with van der Waals surface area (Å²) in [4.78, 5) is 22.4. The number of halogens is 2. The summed E-state index contributed by atoms with van der Waals surface area (Å²) in [7, 11) is 0. The molecule has 2 heterocycles. The molecule has 2 aromatic carbocycles. The van der Waals surface area contributed by atoms with Crippen LogP contribution in [0.3, 0.4) is 0 Å². The predicted molar refractivity (Wildman–Crippen MR) is 145 cm³/mol. The van der Waals surface area contributed by atoms with Gasteiger partial charge >= 0.3 is 0 Å². The lowest BCUT2D eigenvalue weighted by Crippen LogP contribution is -2.29. The Balaban J connectivity index is 1.64. The van der Waals surface area contributed by atoms with E-state index in [1.807, 2.05) is 36.4 Å². The second-order valence-electron chi connectivity index (χ2n) is 9.03. The van der Waals surface area contributed by atoms with E-state index in [4.69, 9.17) is 28.3 Å². The normalized spacial score (nSPS) is 12.2. The van der Waals surface area contributed by atoms with Gasteiger partial charge in [-0.05, 0) is 48.2 Å². The zero-order chi connectivity index (χ0) is 25.7. The molecule has 0 aliphatic carbocycles. The van der Waals surface area contributed by atoms with Crippen LogP contribution in [-0.4, -0.2) is 45.2 Å². The smallest absolute Gasteiger partial charge is 0.253 e. The van der Waals surface area contributed by atoms with E-state index in [0.29, 0.717) is 51.8 Å². The van der Waals surface area contributed by atoms with Gasteiger partial charge in [-0.25, -0.2) is 4.98 Å². The van der Waals surface area contributed by atoms with Crippen LogP contribution in [0.15, 0.2) is 60.9 Å². The SMILES string of the molecule is CC(C)CC(CNC(=O)c1cn(-c2nccc(NCCO)n2)c2cccc(Cl)c12)c1ccc(Cl)cc1. The molecule has 2 aromatic heterocycles. The van der Waals surface area contributed by atoms with Crippen LogP contribution >= 0.6 is 23.2 Å². The maximum absolute atomic E-state index is 13.5. The van der Waals surface area contributed by atoms with E-state index in [1.54, 1.807) is 29.1 Å². The highest BCUT2D eigenvalue weighted by Gasteiger charge is 2.21. The molecule has 0 bridgehead atoms. The van der Waals surface area contributed by atoms with Gasteiger partial charge in [0.05, 0.1) is 22.7 Å². The molecule has 1 amide bonds. The number of anilines is 1. The number of nitrogens with one attached hydrogen (secondary N) is 2. The third kappa shape index (κ3) is 5.98. The second kappa shape index (κ2) is 11.7. The summed E-state index contributed by atoms with van der Waals surface area (Å²) in [5.74, 6) is 1.35. The minimum atomic E-state index is -0.218. The van der Waals surface area contributed by atoms with Gasteiger partial charge in [0, 0.05) is 41.8 Å². The van der Waals surface area contributed by atoms with Gasteiger partial charge in [-0.2, -0.15) is 4.98 Å². The van der Waals surface area contributed by atoms with Crippen molar-refractivity contribution >= 4 is 45.8 Å². The van der Waals surface area contributed by atoms with Gasteiger partial charge in [0.25, 0.3) is 5.91 Å². The number of rotatable bonds is 10. The van der Waals surface area contributed by atoms with Crippen molar-refractivity contribution in [2.24, 2.45) is 5.92 Å². The van der Waals surface area contributed by atoms with Crippen molar-refractivity contribution in [3.8, 4) is 5.95 Å². The van der Waals surface area contributed by atoms with E-state index in [-0.39, 0.29) is 18.4 Å². The van der Waals surface area contributed by atoms with Gasteiger partial charge in [-0.15, -0.1) is 0 Å². The van der Waals surface area contributed by atoms with Crippen molar-refractivity contribution in [1.29, 1.82) is 0 Å². The van der Waals surface area contributed by atoms with Crippen molar-refractivity contribution < 1.29 is 9.90 Å². The lowest BCUT2D eigenvalue weighted by molar-refractivity contribution is 0.0951. The fourth-order valence-electron chi connectivity index (χ4n) is 4.28. The van der Waals surface area contributed by atoms with Crippen LogP contribution in [0.2, 0.25) is 10.0 Å². The molecule has 188 valence electrons. The number of hydrogen-bond donors (Lipinski definition) is 3. The molecule has 4 rings (SSSR count). The molecule has 0 aliphatic rings. The summed E-state index contributed by atoms with van der Waals surface area (Å²) in [6, 6.07) is 15.0. The highest BCUT2D eigenvalue weighted by Crippen LogP contribution is 2.31. The lowest BCUT2D eigenvalue weighted by atomic mass is 9.90. The Morgan fingerprint density at radius 1 is 1.11 bits per heavy atom. The zero-order valence-corrected chi connectivity index (χ0v) is 21.7. The number of carbonyl (C=O) groups is 1. The molecule has 3 N–H and O–H groups in total. The number of hydrogen-bond acceptors (Lipinski definition) is 5. The molecular weight excluding hydrogens is 497 g/mol. The maximum Gasteiger partial charge on any atom is 0.253 e. The Morgan fingerprint density at radius 3 is 2.61 bits per heavy atom. The van der Waals surface area contributed by atoms with E-state index in [1.165, 1.54) is 0 Å². The first-order valence-corrected chi connectivity index (χ1v) is 12.6. The average Bonchev–Trinajstić information content (AvgIpc) is 3.27. The number of aromatic nitrogens is 3. The summed E-state index contributed by atoms with van der Waals surface area (Å²) in [6.07, 6.45) is 4.27. The Bertz CT molecular complexity index is 1340. The summed E-state index contributed by atoms with van der Waals surface area (Å²) < 4.78 is 1.76. The van der Waals surface area contributed by atoms with Crippen molar-refractivity contribution in [1.82, 2.24) is 19.9 Å². The van der Waals surface area contributed by atoms with Crippen LogP contribution in [0.25, 0.3) is 16.9 Å². The minimum Gasteiger partial charge on any atom is -0.395 e. The maximum atomic E-state index is 13.5. The number of aliphatic hydroxyl groups is 1. The molecule has 0 saturated heterocycles. The Kier molecular flexibility index (Phi) is 8.46. The van der Waals surface area contributed by atoms with E-state index in [0.717, 1.165) is 17.5 Å². The van der Waals surface area contributed by atoms with Gasteiger partial charge in [0.1, 0.15) is 5.82 Å². The number of benzene rings is 2. The average molecular weight is 526 g/mol. The number of amides is 1. The van der Waals surface area contributed by atoms with Gasteiger partial charge in [-0.1, -0.05) is 55.2 Å². The first-order chi connectivity index (χ1) is 17.4. The molecule has 36 heavy (non-hydrogen) atoms. The standard InChI is InChI=1S/C27H29Cl2N5O2/c1-17(2)14-19(18-6-8-20(28)9-7-18)15-32-26(36)21-16-34(23-5-3-4-22(29)25(21)23)27-31-11-10-24(33-27)30-12-13-35/h3-11,16-17,19,35H,12-15H2,1-2H3,(H,32,36)(H,30,31,33). The first-order valence-electron chi connectivity index (χ1n) is 11.9. The second-order valence-corrected chi connectivity index (χ2v) is 9.87. The van der Waals surface area contributed by atoms with Crippen molar-refractivity contribution in [2.45, 2.75) is 26.2 Å². The molecule has 0 radical (unpaired) electrons. The van der Waals surface area contributed by atoms with Crippen LogP contribution in [-0.2, 0) is 0 Å². The van der Waals surface area contributed by atoms with E-state index < -0.39 is 0 Å². The predicted octanol–water partition coefficient (Wildman–Crippen LogP) is 5.69. The van der Waals surface area contributed by atoms with E-state index in [9.17, 15) is 4.79 Å². The van der Waals surface area contributed by atoms with Crippen LogP contribution < -0.4 is 10.6 Å². The molecule has 1 unspecified atom stereocenters. The summed E-state index contributed by atoms with van der Waals surface area (Å²) >= 11 is 12.6. The molecular formula is C27H29Cl2N5O2. The topological polar surface area (TPSA) is 92.1 Å². The Labute approximate surface area is 220 Å². The summed E-state index contributed by atoms with van der Waals surface area (Å²) in [5.41, 5.74) is 2.31. The monoisotopic (exact) mass is 525 g/mol. The summed E-state index contributed by atoms with van der Waals surface area (Å²) in [5, 5.41) is 17.0. The number of nitrogens with zero attached hydrogens (tertiary/aromatic N) is 3. The van der Waals surface area contributed by atoms with Crippen LogP contribution in [0.5, 0.6) is 0 Å². The van der Waals surface area contributed by atoms with Crippen LogP contribution in [0.1, 0.15) is 42.1 Å². The highest BCUT2D eigenvalue weighted by atomic mass is 35.5. The Morgan fingerprint density at radius 2 is 1.89 bits per heavy atom. The van der Waals surface area contributed by atoms with E-state index in [2.05, 4.69) is 34.4 Å².